The fraction of sp³-hybridized carbons (Fsp3) is 1.00. The molecule has 1 N–H and O–H groups in total. The van der Waals surface area contributed by atoms with Gasteiger partial charge in [-0.15, -0.1) is 0 Å². The maximum atomic E-state index is 3.68. The second kappa shape index (κ2) is 8.15. The molecule has 0 aromatic rings. The second-order valence-electron chi connectivity index (χ2n) is 5.44. The van der Waals surface area contributed by atoms with Crippen molar-refractivity contribution in [1.82, 2.24) is 5.32 Å². The highest BCUT2D eigenvalue weighted by Gasteiger charge is 2.17. The van der Waals surface area contributed by atoms with Gasteiger partial charge in [-0.05, 0) is 24.7 Å². The van der Waals surface area contributed by atoms with Crippen molar-refractivity contribution in [2.45, 2.75) is 79.3 Å². The average molecular weight is 213 g/mol. The van der Waals surface area contributed by atoms with Crippen molar-refractivity contribution in [2.24, 2.45) is 11.8 Å². The first-order valence-corrected chi connectivity index (χ1v) is 6.77. The van der Waals surface area contributed by atoms with E-state index in [0.29, 0.717) is 12.1 Å². The molecule has 0 heterocycles. The van der Waals surface area contributed by atoms with Gasteiger partial charge in [-0.2, -0.15) is 0 Å². The number of hydrogen-bond donors (Lipinski definition) is 1. The molecular formula is C14H31N. The van der Waals surface area contributed by atoms with Gasteiger partial charge in [0.2, 0.25) is 0 Å². The molecule has 15 heavy (non-hydrogen) atoms. The summed E-state index contributed by atoms with van der Waals surface area (Å²) in [5, 5.41) is 3.68. The molecular weight excluding hydrogens is 182 g/mol. The smallest absolute Gasteiger partial charge is 0.00925 e. The van der Waals surface area contributed by atoms with E-state index in [1.807, 2.05) is 0 Å². The average Bonchev–Trinajstić information content (AvgIpc) is 2.13. The molecule has 0 rings (SSSR count). The van der Waals surface area contributed by atoms with E-state index in [4.69, 9.17) is 0 Å². The van der Waals surface area contributed by atoms with Gasteiger partial charge < -0.3 is 5.32 Å². The summed E-state index contributed by atoms with van der Waals surface area (Å²) in [4.78, 5) is 0. The Labute approximate surface area is 97.0 Å². The third-order valence-corrected chi connectivity index (χ3v) is 3.23. The van der Waals surface area contributed by atoms with Crippen LogP contribution in [0.4, 0.5) is 0 Å². The third kappa shape index (κ3) is 6.94. The molecule has 3 atom stereocenters. The molecule has 0 aromatic heterocycles. The van der Waals surface area contributed by atoms with Crippen molar-refractivity contribution in [2.75, 3.05) is 0 Å². The lowest BCUT2D eigenvalue weighted by Crippen LogP contribution is -2.39. The van der Waals surface area contributed by atoms with Gasteiger partial charge in [0.15, 0.2) is 0 Å². The van der Waals surface area contributed by atoms with E-state index in [1.54, 1.807) is 0 Å². The molecule has 1 nitrogen and oxygen atoms in total. The summed E-state index contributed by atoms with van der Waals surface area (Å²) >= 11 is 0. The minimum absolute atomic E-state index is 0.610. The first-order valence-electron chi connectivity index (χ1n) is 6.77. The standard InChI is InChI=1S/C14H31N/c1-7-9-12(5)10-13(6)14(8-2)15-11(3)4/h11-15H,7-10H2,1-6H3. The lowest BCUT2D eigenvalue weighted by atomic mass is 9.87. The zero-order valence-electron chi connectivity index (χ0n) is 11.6. The lowest BCUT2D eigenvalue weighted by molar-refractivity contribution is 0.286. The molecule has 0 amide bonds. The van der Waals surface area contributed by atoms with Crippen molar-refractivity contribution in [3.8, 4) is 0 Å². The van der Waals surface area contributed by atoms with Crippen LogP contribution >= 0.6 is 0 Å². The van der Waals surface area contributed by atoms with Gasteiger partial charge in [0.05, 0.1) is 0 Å². The summed E-state index contributed by atoms with van der Waals surface area (Å²) in [6.07, 6.45) is 5.31. The molecule has 0 fully saturated rings. The summed E-state index contributed by atoms with van der Waals surface area (Å²) in [5.41, 5.74) is 0. The van der Waals surface area contributed by atoms with E-state index in [-0.39, 0.29) is 0 Å². The third-order valence-electron chi connectivity index (χ3n) is 3.23. The first-order chi connectivity index (χ1) is 7.01. The summed E-state index contributed by atoms with van der Waals surface area (Å²) in [5.74, 6) is 1.69. The van der Waals surface area contributed by atoms with Crippen molar-refractivity contribution in [3.05, 3.63) is 0 Å². The van der Waals surface area contributed by atoms with Gasteiger partial charge in [-0.3, -0.25) is 0 Å². The quantitative estimate of drug-likeness (QED) is 0.636. The molecule has 0 radical (unpaired) electrons. The van der Waals surface area contributed by atoms with E-state index in [1.165, 1.54) is 25.7 Å². The maximum Gasteiger partial charge on any atom is 0.00925 e. The van der Waals surface area contributed by atoms with E-state index in [2.05, 4.69) is 46.9 Å². The second-order valence-corrected chi connectivity index (χ2v) is 5.44. The topological polar surface area (TPSA) is 12.0 Å². The van der Waals surface area contributed by atoms with Crippen LogP contribution in [0.3, 0.4) is 0 Å². The van der Waals surface area contributed by atoms with Crippen molar-refractivity contribution in [1.29, 1.82) is 0 Å². The molecule has 0 bridgehead atoms. The summed E-state index contributed by atoms with van der Waals surface area (Å²) < 4.78 is 0. The van der Waals surface area contributed by atoms with E-state index in [0.717, 1.165) is 11.8 Å². The van der Waals surface area contributed by atoms with Crippen LogP contribution < -0.4 is 5.32 Å². The summed E-state index contributed by atoms with van der Waals surface area (Å²) in [6.45, 7) is 13.8. The van der Waals surface area contributed by atoms with Gasteiger partial charge in [0, 0.05) is 12.1 Å². The Bertz CT molecular complexity index is 142. The molecule has 3 unspecified atom stereocenters. The highest BCUT2D eigenvalue weighted by Crippen LogP contribution is 2.21. The normalized spacial score (nSPS) is 17.8. The lowest BCUT2D eigenvalue weighted by Gasteiger charge is -2.28. The predicted molar refractivity (Wildman–Crippen MR) is 70.2 cm³/mol. The van der Waals surface area contributed by atoms with Crippen LogP contribution in [0.5, 0.6) is 0 Å². The minimum Gasteiger partial charge on any atom is -0.312 e. The first kappa shape index (κ1) is 15.0. The minimum atomic E-state index is 0.610. The highest BCUT2D eigenvalue weighted by molar-refractivity contribution is 4.75. The monoisotopic (exact) mass is 213 g/mol. The predicted octanol–water partition coefficient (Wildman–Crippen LogP) is 4.23. The molecule has 0 aliphatic heterocycles. The summed E-state index contributed by atoms with van der Waals surface area (Å²) in [6, 6.07) is 1.31. The summed E-state index contributed by atoms with van der Waals surface area (Å²) in [7, 11) is 0. The van der Waals surface area contributed by atoms with Crippen LogP contribution in [0.25, 0.3) is 0 Å². The Kier molecular flexibility index (Phi) is 8.13. The van der Waals surface area contributed by atoms with Crippen LogP contribution in [-0.2, 0) is 0 Å². The van der Waals surface area contributed by atoms with Crippen LogP contribution in [-0.4, -0.2) is 12.1 Å². The van der Waals surface area contributed by atoms with Crippen LogP contribution in [0.1, 0.15) is 67.2 Å². The molecule has 0 saturated carbocycles. The number of hydrogen-bond acceptors (Lipinski definition) is 1. The molecule has 1 heteroatoms. The van der Waals surface area contributed by atoms with Gasteiger partial charge in [0.25, 0.3) is 0 Å². The van der Waals surface area contributed by atoms with Crippen LogP contribution in [0.15, 0.2) is 0 Å². The molecule has 0 aliphatic carbocycles. The van der Waals surface area contributed by atoms with E-state index in [9.17, 15) is 0 Å². The SMILES string of the molecule is CCCC(C)CC(C)C(CC)NC(C)C. The molecule has 92 valence electrons. The Balaban J connectivity index is 3.97. The van der Waals surface area contributed by atoms with Crippen LogP contribution in [0.2, 0.25) is 0 Å². The fourth-order valence-corrected chi connectivity index (χ4v) is 2.52. The Morgan fingerprint density at radius 1 is 1.00 bits per heavy atom. The van der Waals surface area contributed by atoms with E-state index < -0.39 is 0 Å². The largest absolute Gasteiger partial charge is 0.312 e. The maximum absolute atomic E-state index is 3.68. The van der Waals surface area contributed by atoms with E-state index >= 15 is 0 Å². The van der Waals surface area contributed by atoms with Crippen LogP contribution in [0, 0.1) is 11.8 Å². The Morgan fingerprint density at radius 2 is 1.60 bits per heavy atom. The highest BCUT2D eigenvalue weighted by atomic mass is 14.9. The van der Waals surface area contributed by atoms with Crippen molar-refractivity contribution < 1.29 is 0 Å². The van der Waals surface area contributed by atoms with Gasteiger partial charge in [-0.1, -0.05) is 54.4 Å². The number of rotatable bonds is 8. The zero-order chi connectivity index (χ0) is 11.8. The number of nitrogens with one attached hydrogen (secondary N) is 1. The molecule has 0 spiro atoms. The van der Waals surface area contributed by atoms with Gasteiger partial charge >= 0.3 is 0 Å². The Morgan fingerprint density at radius 3 is 2.00 bits per heavy atom. The molecule has 0 aromatic carbocycles. The van der Waals surface area contributed by atoms with Gasteiger partial charge in [-0.25, -0.2) is 0 Å². The Hall–Kier alpha value is -0.0400. The fourth-order valence-electron chi connectivity index (χ4n) is 2.52. The van der Waals surface area contributed by atoms with Crippen molar-refractivity contribution in [3.63, 3.8) is 0 Å². The molecule has 0 saturated heterocycles. The zero-order valence-corrected chi connectivity index (χ0v) is 11.6. The molecule has 0 aliphatic rings. The van der Waals surface area contributed by atoms with Crippen molar-refractivity contribution >= 4 is 0 Å². The van der Waals surface area contributed by atoms with Gasteiger partial charge in [0.1, 0.15) is 0 Å².